The van der Waals surface area contributed by atoms with Gasteiger partial charge in [-0.15, -0.1) is 0 Å². The van der Waals surface area contributed by atoms with Crippen LogP contribution in [0.3, 0.4) is 0 Å². The molecule has 0 amide bonds. The Labute approximate surface area is 102 Å². The van der Waals surface area contributed by atoms with Crippen LogP contribution in [0.5, 0.6) is 0 Å². The fraction of sp³-hybridized carbons (Fsp3) is 0.867. The molecule has 0 radical (unpaired) electrons. The smallest absolute Gasteiger partial charge is 0.0302 e. The largest absolute Gasteiger partial charge is 0.310 e. The lowest BCUT2D eigenvalue weighted by Gasteiger charge is -2.26. The number of allylic oxidation sites excluding steroid dienone is 1. The van der Waals surface area contributed by atoms with E-state index in [1.807, 2.05) is 0 Å². The molecule has 0 aromatic rings. The van der Waals surface area contributed by atoms with Gasteiger partial charge in [0.2, 0.25) is 0 Å². The van der Waals surface area contributed by atoms with Gasteiger partial charge in [-0.1, -0.05) is 45.3 Å². The molecule has 1 N–H and O–H groups in total. The van der Waals surface area contributed by atoms with Crippen molar-refractivity contribution in [3.05, 3.63) is 11.6 Å². The molecule has 1 atom stereocenters. The van der Waals surface area contributed by atoms with Gasteiger partial charge in [-0.2, -0.15) is 0 Å². The lowest BCUT2D eigenvalue weighted by atomic mass is 9.89. The Morgan fingerprint density at radius 1 is 1.19 bits per heavy atom. The minimum Gasteiger partial charge on any atom is -0.310 e. The monoisotopic (exact) mass is 223 g/mol. The Kier molecular flexibility index (Phi) is 6.79. The van der Waals surface area contributed by atoms with E-state index in [1.54, 1.807) is 5.57 Å². The average molecular weight is 223 g/mol. The second-order valence-electron chi connectivity index (χ2n) is 5.41. The summed E-state index contributed by atoms with van der Waals surface area (Å²) in [7, 11) is 0. The predicted molar refractivity (Wildman–Crippen MR) is 72.7 cm³/mol. The highest BCUT2D eigenvalue weighted by molar-refractivity contribution is 5.12. The molecule has 0 aromatic heterocycles. The van der Waals surface area contributed by atoms with Gasteiger partial charge < -0.3 is 5.32 Å². The summed E-state index contributed by atoms with van der Waals surface area (Å²) in [5.74, 6) is 0.720. The van der Waals surface area contributed by atoms with Crippen molar-refractivity contribution in [2.45, 2.75) is 71.8 Å². The van der Waals surface area contributed by atoms with Crippen LogP contribution >= 0.6 is 0 Å². The zero-order chi connectivity index (χ0) is 11.8. The molecule has 16 heavy (non-hydrogen) atoms. The Morgan fingerprint density at radius 2 is 1.94 bits per heavy atom. The van der Waals surface area contributed by atoms with Crippen molar-refractivity contribution in [3.63, 3.8) is 0 Å². The van der Waals surface area contributed by atoms with Gasteiger partial charge >= 0.3 is 0 Å². The molecule has 0 aromatic carbocycles. The number of hydrogen-bond acceptors (Lipinski definition) is 1. The Morgan fingerprint density at radius 3 is 2.62 bits per heavy atom. The summed E-state index contributed by atoms with van der Waals surface area (Å²) in [6, 6.07) is 0.623. The number of nitrogens with one attached hydrogen (secondary N) is 1. The summed E-state index contributed by atoms with van der Waals surface area (Å²) in [6.07, 6.45) is 12.0. The normalized spacial score (nSPS) is 20.1. The van der Waals surface area contributed by atoms with Crippen molar-refractivity contribution in [1.29, 1.82) is 0 Å². The summed E-state index contributed by atoms with van der Waals surface area (Å²) < 4.78 is 0. The van der Waals surface area contributed by atoms with Crippen LogP contribution in [0.25, 0.3) is 0 Å². The van der Waals surface area contributed by atoms with Gasteiger partial charge in [-0.25, -0.2) is 0 Å². The van der Waals surface area contributed by atoms with Gasteiger partial charge in [-0.3, -0.25) is 0 Å². The summed E-state index contributed by atoms with van der Waals surface area (Å²) in [5, 5.41) is 3.72. The molecular formula is C15H29N. The van der Waals surface area contributed by atoms with Crippen molar-refractivity contribution in [2.24, 2.45) is 5.92 Å². The quantitative estimate of drug-likeness (QED) is 0.686. The second-order valence-corrected chi connectivity index (χ2v) is 5.41. The molecular weight excluding hydrogens is 194 g/mol. The topological polar surface area (TPSA) is 12.0 Å². The third-order valence-electron chi connectivity index (χ3n) is 3.51. The maximum Gasteiger partial charge on any atom is 0.0302 e. The van der Waals surface area contributed by atoms with Crippen LogP contribution in [0.15, 0.2) is 11.6 Å². The minimum atomic E-state index is 0.623. The van der Waals surface area contributed by atoms with Crippen LogP contribution in [0.4, 0.5) is 0 Å². The summed E-state index contributed by atoms with van der Waals surface area (Å²) >= 11 is 0. The Bertz CT molecular complexity index is 205. The van der Waals surface area contributed by atoms with E-state index in [2.05, 4.69) is 32.2 Å². The first-order valence-electron chi connectivity index (χ1n) is 7.18. The highest BCUT2D eigenvalue weighted by Gasteiger charge is 2.17. The molecule has 0 bridgehead atoms. The van der Waals surface area contributed by atoms with E-state index in [0.29, 0.717) is 6.04 Å². The third kappa shape index (κ3) is 4.69. The van der Waals surface area contributed by atoms with Gasteiger partial charge in [-0.05, 0) is 44.6 Å². The lowest BCUT2D eigenvalue weighted by molar-refractivity contribution is 0.428. The van der Waals surface area contributed by atoms with Crippen molar-refractivity contribution in [1.82, 2.24) is 5.32 Å². The number of hydrogen-bond donors (Lipinski definition) is 1. The molecule has 0 spiro atoms. The molecule has 1 nitrogen and oxygen atoms in total. The van der Waals surface area contributed by atoms with Crippen LogP contribution in [0.2, 0.25) is 0 Å². The van der Waals surface area contributed by atoms with Crippen molar-refractivity contribution < 1.29 is 0 Å². The van der Waals surface area contributed by atoms with E-state index in [1.165, 1.54) is 44.9 Å². The second kappa shape index (κ2) is 7.89. The molecule has 0 fully saturated rings. The zero-order valence-corrected chi connectivity index (χ0v) is 11.4. The van der Waals surface area contributed by atoms with Gasteiger partial charge in [0.15, 0.2) is 0 Å². The maximum absolute atomic E-state index is 3.72. The summed E-state index contributed by atoms with van der Waals surface area (Å²) in [4.78, 5) is 0. The van der Waals surface area contributed by atoms with Crippen molar-refractivity contribution in [3.8, 4) is 0 Å². The maximum atomic E-state index is 3.72. The third-order valence-corrected chi connectivity index (χ3v) is 3.51. The van der Waals surface area contributed by atoms with Crippen LogP contribution in [0.1, 0.15) is 65.7 Å². The van der Waals surface area contributed by atoms with Gasteiger partial charge in [0.25, 0.3) is 0 Å². The predicted octanol–water partition coefficient (Wildman–Crippen LogP) is 4.29. The van der Waals surface area contributed by atoms with E-state index in [-0.39, 0.29) is 0 Å². The molecule has 1 unspecified atom stereocenters. The molecule has 1 heteroatoms. The first-order chi connectivity index (χ1) is 7.75. The fourth-order valence-corrected chi connectivity index (χ4v) is 2.59. The molecule has 0 saturated carbocycles. The molecule has 1 aliphatic carbocycles. The molecule has 1 aliphatic rings. The van der Waals surface area contributed by atoms with Crippen LogP contribution in [-0.2, 0) is 0 Å². The Balaban J connectivity index is 2.58. The van der Waals surface area contributed by atoms with E-state index in [4.69, 9.17) is 0 Å². The van der Waals surface area contributed by atoms with E-state index >= 15 is 0 Å². The molecule has 0 saturated heterocycles. The average Bonchev–Trinajstić information content (AvgIpc) is 2.20. The minimum absolute atomic E-state index is 0.623. The molecule has 0 heterocycles. The van der Waals surface area contributed by atoms with Gasteiger partial charge in [0, 0.05) is 6.04 Å². The fourth-order valence-electron chi connectivity index (χ4n) is 2.59. The summed E-state index contributed by atoms with van der Waals surface area (Å²) in [6.45, 7) is 8.08. The number of rotatable bonds is 5. The highest BCUT2D eigenvalue weighted by atomic mass is 14.9. The van der Waals surface area contributed by atoms with Crippen LogP contribution in [0, 0.1) is 5.92 Å². The summed E-state index contributed by atoms with van der Waals surface area (Å²) in [5.41, 5.74) is 1.68. The van der Waals surface area contributed by atoms with E-state index in [0.717, 1.165) is 12.5 Å². The van der Waals surface area contributed by atoms with E-state index < -0.39 is 0 Å². The van der Waals surface area contributed by atoms with Crippen molar-refractivity contribution >= 4 is 0 Å². The van der Waals surface area contributed by atoms with E-state index in [9.17, 15) is 0 Å². The zero-order valence-electron chi connectivity index (χ0n) is 11.4. The molecule has 1 rings (SSSR count). The Hall–Kier alpha value is -0.300. The highest BCUT2D eigenvalue weighted by Crippen LogP contribution is 2.23. The standard InChI is InChI=1S/C15H29N/c1-4-12-16-15(13(2)3)14-10-8-6-5-7-9-11-14/h10,13,15-16H,4-9,11-12H2,1-3H3. The lowest BCUT2D eigenvalue weighted by Crippen LogP contribution is -2.36. The van der Waals surface area contributed by atoms with Gasteiger partial charge in [0.05, 0.1) is 0 Å². The SMILES string of the molecule is CCCNC(C1=CCCCCCC1)C(C)C. The first-order valence-corrected chi connectivity index (χ1v) is 7.18. The van der Waals surface area contributed by atoms with Crippen LogP contribution < -0.4 is 5.32 Å². The van der Waals surface area contributed by atoms with Crippen molar-refractivity contribution in [2.75, 3.05) is 6.54 Å². The van der Waals surface area contributed by atoms with Crippen LogP contribution in [-0.4, -0.2) is 12.6 Å². The first kappa shape index (κ1) is 13.8. The molecule has 0 aliphatic heterocycles. The van der Waals surface area contributed by atoms with Gasteiger partial charge in [0.1, 0.15) is 0 Å². The molecule has 94 valence electrons.